The molecule has 0 aliphatic carbocycles. The van der Waals surface area contributed by atoms with Crippen molar-refractivity contribution in [2.24, 2.45) is 0 Å². The Morgan fingerprint density at radius 3 is 1.31 bits per heavy atom. The van der Waals surface area contributed by atoms with Gasteiger partial charge in [0.15, 0.2) is 0 Å². The summed E-state index contributed by atoms with van der Waals surface area (Å²) in [7, 11) is -1.78. The molecule has 184 valence electrons. The topological polar surface area (TPSA) is 0 Å². The molecule has 0 aromatic heterocycles. The van der Waals surface area contributed by atoms with Gasteiger partial charge in [-0.25, -0.2) is 0 Å². The maximum atomic E-state index is 2.52. The van der Waals surface area contributed by atoms with Crippen LogP contribution in [0.5, 0.6) is 0 Å². The summed E-state index contributed by atoms with van der Waals surface area (Å²) in [5.74, 6) is 0. The summed E-state index contributed by atoms with van der Waals surface area (Å²) < 4.78 is 0. The molecule has 0 fully saturated rings. The molecule has 3 rings (SSSR count). The first-order valence-electron chi connectivity index (χ1n) is 12.5. The zero-order valence-corrected chi connectivity index (χ0v) is 24.8. The smallest absolute Gasteiger partial charge is 0.115 e. The van der Waals surface area contributed by atoms with Crippen molar-refractivity contribution in [3.8, 4) is 0 Å². The first-order chi connectivity index (χ1) is 16.5. The van der Waals surface area contributed by atoms with Crippen LogP contribution in [-0.4, -0.2) is 6.16 Å². The maximum absolute atomic E-state index is 2.52. The van der Waals surface area contributed by atoms with Gasteiger partial charge in [0.2, 0.25) is 0 Å². The Bertz CT molecular complexity index is 995. The molecule has 3 aromatic rings. The SMILES string of the molecule is CC(C)=CCCC(C)=CCCC(C)=CC[P+](c1ccccc1)(c1ccccc1)c1ccccc1.[I-]. The third-order valence-corrected chi connectivity index (χ3v) is 10.7. The number of hydrogen-bond acceptors (Lipinski definition) is 0. The Morgan fingerprint density at radius 1 is 0.543 bits per heavy atom. The van der Waals surface area contributed by atoms with Gasteiger partial charge in [0, 0.05) is 0 Å². The summed E-state index contributed by atoms with van der Waals surface area (Å²) in [6.45, 7) is 8.93. The molecule has 0 spiro atoms. The Balaban J connectivity index is 0.00000432. The number of benzene rings is 3. The Labute approximate surface area is 231 Å². The first-order valence-corrected chi connectivity index (χ1v) is 14.5. The standard InChI is InChI=1S/C33H40P.HI/c1-28(2)16-14-17-29(3)18-15-19-30(4)26-27-34(31-20-8-5-9-21-31,32-22-10-6-11-23-32)33-24-12-7-13-25-33;/h5-13,16,18,20-26H,14-15,17,19,27H2,1-4H3;1H/q+1;/p-1. The van der Waals surface area contributed by atoms with Gasteiger partial charge >= 0.3 is 0 Å². The minimum atomic E-state index is -1.78. The molecule has 0 atom stereocenters. The van der Waals surface area contributed by atoms with Crippen molar-refractivity contribution in [2.45, 2.75) is 53.4 Å². The highest BCUT2D eigenvalue weighted by Crippen LogP contribution is 2.55. The van der Waals surface area contributed by atoms with Gasteiger partial charge in [0.05, 0.1) is 6.16 Å². The van der Waals surface area contributed by atoms with E-state index in [2.05, 4.69) is 137 Å². The van der Waals surface area contributed by atoms with Crippen LogP contribution in [0.15, 0.2) is 126 Å². The summed E-state index contributed by atoms with van der Waals surface area (Å²) in [6, 6.07) is 33.5. The summed E-state index contributed by atoms with van der Waals surface area (Å²) in [4.78, 5) is 0. The zero-order valence-electron chi connectivity index (χ0n) is 21.8. The minimum Gasteiger partial charge on any atom is -1.00 e. The van der Waals surface area contributed by atoms with Crippen LogP contribution in [0.2, 0.25) is 0 Å². The number of halogens is 1. The van der Waals surface area contributed by atoms with E-state index in [1.807, 2.05) is 0 Å². The third-order valence-electron chi connectivity index (χ3n) is 6.43. The van der Waals surface area contributed by atoms with Crippen LogP contribution in [0.3, 0.4) is 0 Å². The van der Waals surface area contributed by atoms with E-state index in [0.29, 0.717) is 0 Å². The third kappa shape index (κ3) is 8.58. The van der Waals surface area contributed by atoms with E-state index in [0.717, 1.165) is 25.4 Å². The van der Waals surface area contributed by atoms with Gasteiger partial charge < -0.3 is 24.0 Å². The van der Waals surface area contributed by atoms with Crippen molar-refractivity contribution < 1.29 is 24.0 Å². The van der Waals surface area contributed by atoms with Crippen LogP contribution in [0.4, 0.5) is 0 Å². The molecule has 0 saturated heterocycles. The zero-order chi connectivity index (χ0) is 24.2. The summed E-state index contributed by atoms with van der Waals surface area (Å²) >= 11 is 0. The molecule has 0 radical (unpaired) electrons. The highest BCUT2D eigenvalue weighted by Gasteiger charge is 2.44. The monoisotopic (exact) mass is 594 g/mol. The lowest BCUT2D eigenvalue weighted by Gasteiger charge is -2.27. The summed E-state index contributed by atoms with van der Waals surface area (Å²) in [5.41, 5.74) is 4.40. The van der Waals surface area contributed by atoms with E-state index < -0.39 is 7.26 Å². The Hall–Kier alpha value is -1.96. The van der Waals surface area contributed by atoms with Crippen molar-refractivity contribution in [1.29, 1.82) is 0 Å². The lowest BCUT2D eigenvalue weighted by molar-refractivity contribution is -0.00000709. The fourth-order valence-electron chi connectivity index (χ4n) is 4.44. The lowest BCUT2D eigenvalue weighted by Crippen LogP contribution is -3.00. The largest absolute Gasteiger partial charge is 1.00 e. The van der Waals surface area contributed by atoms with Crippen LogP contribution in [-0.2, 0) is 0 Å². The van der Waals surface area contributed by atoms with Crippen LogP contribution < -0.4 is 39.9 Å². The molecule has 0 nitrogen and oxygen atoms in total. The first kappa shape index (κ1) is 29.3. The molecular weight excluding hydrogens is 554 g/mol. The van der Waals surface area contributed by atoms with Crippen molar-refractivity contribution in [2.75, 3.05) is 6.16 Å². The molecule has 0 aliphatic rings. The predicted octanol–water partition coefficient (Wildman–Crippen LogP) is 5.40. The molecule has 3 aromatic carbocycles. The van der Waals surface area contributed by atoms with E-state index in [4.69, 9.17) is 0 Å². The maximum Gasteiger partial charge on any atom is 0.115 e. The molecule has 2 heteroatoms. The Morgan fingerprint density at radius 2 is 0.914 bits per heavy atom. The fourth-order valence-corrected chi connectivity index (χ4v) is 8.60. The molecule has 0 amide bonds. The fraction of sp³-hybridized carbons (Fsp3) is 0.273. The van der Waals surface area contributed by atoms with Crippen LogP contribution >= 0.6 is 7.26 Å². The highest BCUT2D eigenvalue weighted by atomic mass is 127. The van der Waals surface area contributed by atoms with Crippen molar-refractivity contribution in [3.05, 3.63) is 126 Å². The second-order valence-corrected chi connectivity index (χ2v) is 13.0. The molecule has 0 aliphatic heterocycles. The van der Waals surface area contributed by atoms with E-state index in [1.54, 1.807) is 0 Å². The van der Waals surface area contributed by atoms with E-state index in [1.165, 1.54) is 39.1 Å². The molecule has 0 unspecified atom stereocenters. The van der Waals surface area contributed by atoms with Gasteiger partial charge in [0.25, 0.3) is 0 Å². The normalized spacial score (nSPS) is 12.1. The van der Waals surface area contributed by atoms with Gasteiger partial charge in [0.1, 0.15) is 23.2 Å². The highest BCUT2D eigenvalue weighted by molar-refractivity contribution is 7.95. The molecule has 0 bridgehead atoms. The van der Waals surface area contributed by atoms with Gasteiger partial charge in [-0.15, -0.1) is 0 Å². The lowest BCUT2D eigenvalue weighted by atomic mass is 10.1. The second kappa shape index (κ2) is 15.2. The molecule has 35 heavy (non-hydrogen) atoms. The van der Waals surface area contributed by atoms with Gasteiger partial charge in [-0.05, 0) is 95.9 Å². The van der Waals surface area contributed by atoms with Crippen molar-refractivity contribution >= 4 is 23.2 Å². The molecule has 0 saturated carbocycles. The van der Waals surface area contributed by atoms with Gasteiger partial charge in [-0.2, -0.15) is 0 Å². The molecule has 0 N–H and O–H groups in total. The quantitative estimate of drug-likeness (QED) is 0.159. The Kier molecular flexibility index (Phi) is 12.7. The van der Waals surface area contributed by atoms with Gasteiger partial charge in [-0.1, -0.05) is 83.5 Å². The van der Waals surface area contributed by atoms with Crippen molar-refractivity contribution in [3.63, 3.8) is 0 Å². The average molecular weight is 595 g/mol. The molecular formula is C33H40IP. The summed E-state index contributed by atoms with van der Waals surface area (Å²) in [5, 5.41) is 4.35. The predicted molar refractivity (Wildman–Crippen MR) is 155 cm³/mol. The average Bonchev–Trinajstić information content (AvgIpc) is 2.86. The van der Waals surface area contributed by atoms with Crippen molar-refractivity contribution in [1.82, 2.24) is 0 Å². The van der Waals surface area contributed by atoms with Gasteiger partial charge in [-0.3, -0.25) is 0 Å². The number of hydrogen-bond donors (Lipinski definition) is 0. The molecule has 0 heterocycles. The minimum absolute atomic E-state index is 0. The van der Waals surface area contributed by atoms with E-state index >= 15 is 0 Å². The number of allylic oxidation sites excluding steroid dienone is 6. The van der Waals surface area contributed by atoms with Crippen LogP contribution in [0.25, 0.3) is 0 Å². The van der Waals surface area contributed by atoms with E-state index in [-0.39, 0.29) is 24.0 Å². The van der Waals surface area contributed by atoms with Crippen LogP contribution in [0, 0.1) is 0 Å². The second-order valence-electron chi connectivity index (χ2n) is 9.46. The number of rotatable bonds is 11. The van der Waals surface area contributed by atoms with Crippen LogP contribution in [0.1, 0.15) is 53.4 Å². The van der Waals surface area contributed by atoms with E-state index in [9.17, 15) is 0 Å². The summed E-state index contributed by atoms with van der Waals surface area (Å²) in [6.07, 6.45) is 12.9.